The number of halogens is 1. The molecule has 5 nitrogen and oxygen atoms in total. The maximum atomic E-state index is 6.09. The SMILES string of the molecule is NC1COc2c(cccc2N2CCC(CCc3c[nH]c4cc(Cl)ccc34)CC2)O1. The number of aromatic nitrogens is 1. The average Bonchev–Trinajstić information content (AvgIpc) is 3.14. The zero-order valence-electron chi connectivity index (χ0n) is 16.4. The van der Waals surface area contributed by atoms with Crippen LogP contribution in [0.15, 0.2) is 42.6 Å². The van der Waals surface area contributed by atoms with E-state index in [-0.39, 0.29) is 6.23 Å². The summed E-state index contributed by atoms with van der Waals surface area (Å²) in [4.78, 5) is 5.77. The maximum absolute atomic E-state index is 6.09. The summed E-state index contributed by atoms with van der Waals surface area (Å²) in [6.07, 6.45) is 6.45. The number of fused-ring (bicyclic) bond motifs is 2. The summed E-state index contributed by atoms with van der Waals surface area (Å²) in [5.74, 6) is 2.33. The van der Waals surface area contributed by atoms with Gasteiger partial charge in [-0.15, -0.1) is 0 Å². The normalized spacial score (nSPS) is 19.7. The largest absolute Gasteiger partial charge is 0.482 e. The monoisotopic (exact) mass is 411 g/mol. The van der Waals surface area contributed by atoms with Crippen molar-refractivity contribution < 1.29 is 9.47 Å². The van der Waals surface area contributed by atoms with E-state index in [9.17, 15) is 0 Å². The number of nitrogens with one attached hydrogen (secondary N) is 1. The second-order valence-corrected chi connectivity index (χ2v) is 8.48. The number of nitrogens with zero attached hydrogens (tertiary/aromatic N) is 1. The topological polar surface area (TPSA) is 63.5 Å². The van der Waals surface area contributed by atoms with Crippen LogP contribution in [0.25, 0.3) is 10.9 Å². The molecule has 1 aromatic heterocycles. The minimum absolute atomic E-state index is 0.385. The van der Waals surface area contributed by atoms with Crippen LogP contribution in [0.1, 0.15) is 24.8 Å². The number of para-hydroxylation sites is 1. The average molecular weight is 412 g/mol. The van der Waals surface area contributed by atoms with Crippen LogP contribution in [-0.2, 0) is 6.42 Å². The Balaban J connectivity index is 1.21. The van der Waals surface area contributed by atoms with Crippen molar-refractivity contribution in [1.82, 2.24) is 4.98 Å². The third-order valence-corrected chi connectivity index (χ3v) is 6.37. The zero-order valence-corrected chi connectivity index (χ0v) is 17.1. The van der Waals surface area contributed by atoms with E-state index in [0.29, 0.717) is 6.61 Å². The van der Waals surface area contributed by atoms with E-state index in [1.54, 1.807) is 0 Å². The molecule has 1 fully saturated rings. The van der Waals surface area contributed by atoms with Crippen molar-refractivity contribution in [3.8, 4) is 11.5 Å². The minimum atomic E-state index is -0.385. The number of piperidine rings is 1. The Morgan fingerprint density at radius 3 is 2.90 bits per heavy atom. The van der Waals surface area contributed by atoms with Gasteiger partial charge >= 0.3 is 0 Å². The fraction of sp³-hybridized carbons (Fsp3) is 0.391. The van der Waals surface area contributed by atoms with Crippen LogP contribution in [0, 0.1) is 5.92 Å². The highest BCUT2D eigenvalue weighted by molar-refractivity contribution is 6.31. The molecule has 1 atom stereocenters. The van der Waals surface area contributed by atoms with Gasteiger partial charge in [0.25, 0.3) is 0 Å². The lowest BCUT2D eigenvalue weighted by Gasteiger charge is -2.36. The van der Waals surface area contributed by atoms with Crippen LogP contribution >= 0.6 is 11.6 Å². The number of H-pyrrole nitrogens is 1. The van der Waals surface area contributed by atoms with Crippen molar-refractivity contribution in [3.63, 3.8) is 0 Å². The van der Waals surface area contributed by atoms with Gasteiger partial charge in [0.2, 0.25) is 0 Å². The fourth-order valence-corrected chi connectivity index (χ4v) is 4.71. The Bertz CT molecular complexity index is 1010. The summed E-state index contributed by atoms with van der Waals surface area (Å²) < 4.78 is 11.6. The lowest BCUT2D eigenvalue weighted by Crippen LogP contribution is -2.38. The molecule has 152 valence electrons. The molecule has 6 heteroatoms. The highest BCUT2D eigenvalue weighted by Crippen LogP contribution is 2.41. The number of anilines is 1. The first-order valence-corrected chi connectivity index (χ1v) is 10.7. The number of aryl methyl sites for hydroxylation is 1. The second-order valence-electron chi connectivity index (χ2n) is 8.04. The molecular weight excluding hydrogens is 386 g/mol. The Morgan fingerprint density at radius 2 is 2.03 bits per heavy atom. The van der Waals surface area contributed by atoms with Crippen molar-refractivity contribution in [2.45, 2.75) is 31.9 Å². The van der Waals surface area contributed by atoms with Crippen molar-refractivity contribution in [2.24, 2.45) is 11.7 Å². The van der Waals surface area contributed by atoms with Gasteiger partial charge in [-0.3, -0.25) is 5.73 Å². The lowest BCUT2D eigenvalue weighted by molar-refractivity contribution is 0.0961. The van der Waals surface area contributed by atoms with E-state index in [1.807, 2.05) is 24.3 Å². The molecule has 3 N–H and O–H groups in total. The summed E-state index contributed by atoms with van der Waals surface area (Å²) in [7, 11) is 0. The predicted molar refractivity (Wildman–Crippen MR) is 117 cm³/mol. The smallest absolute Gasteiger partial charge is 0.184 e. The molecule has 0 saturated carbocycles. The Hall–Kier alpha value is -2.37. The molecular formula is C23H26ClN3O2. The van der Waals surface area contributed by atoms with Crippen LogP contribution in [0.4, 0.5) is 5.69 Å². The number of aromatic amines is 1. The second kappa shape index (κ2) is 7.81. The molecule has 1 unspecified atom stereocenters. The van der Waals surface area contributed by atoms with Crippen LogP contribution in [0.3, 0.4) is 0 Å². The van der Waals surface area contributed by atoms with E-state index in [0.717, 1.165) is 53.2 Å². The van der Waals surface area contributed by atoms with Gasteiger partial charge in [0, 0.05) is 35.2 Å². The molecule has 3 aromatic rings. The van der Waals surface area contributed by atoms with Gasteiger partial charge in [-0.25, -0.2) is 0 Å². The van der Waals surface area contributed by atoms with E-state index in [1.165, 1.54) is 30.2 Å². The van der Waals surface area contributed by atoms with Gasteiger partial charge in [-0.1, -0.05) is 23.7 Å². The first kappa shape index (κ1) is 18.6. The minimum Gasteiger partial charge on any atom is -0.482 e. The van der Waals surface area contributed by atoms with Crippen LogP contribution in [0.5, 0.6) is 11.5 Å². The quantitative estimate of drug-likeness (QED) is 0.651. The van der Waals surface area contributed by atoms with Crippen molar-refractivity contribution in [3.05, 3.63) is 53.2 Å². The van der Waals surface area contributed by atoms with E-state index in [2.05, 4.69) is 28.2 Å². The highest BCUT2D eigenvalue weighted by Gasteiger charge is 2.26. The standard InChI is InChI=1S/C23H26ClN3O2/c24-17-6-7-18-16(13-26-19(18)12-17)5-4-15-8-10-27(11-9-15)20-2-1-3-21-23(20)28-14-22(25)29-21/h1-3,6-7,12-13,15,22,26H,4-5,8-11,14,25H2. The third kappa shape index (κ3) is 3.77. The third-order valence-electron chi connectivity index (χ3n) is 6.14. The first-order chi connectivity index (χ1) is 14.2. The summed E-state index contributed by atoms with van der Waals surface area (Å²) in [6.45, 7) is 2.48. The summed E-state index contributed by atoms with van der Waals surface area (Å²) in [5, 5.41) is 2.07. The molecule has 1 saturated heterocycles. The number of benzene rings is 2. The van der Waals surface area contributed by atoms with Gasteiger partial charge in [-0.05, 0) is 61.4 Å². The van der Waals surface area contributed by atoms with Crippen molar-refractivity contribution in [2.75, 3.05) is 24.6 Å². The summed E-state index contributed by atoms with van der Waals surface area (Å²) in [5.41, 5.74) is 9.48. The highest BCUT2D eigenvalue weighted by atomic mass is 35.5. The Kier molecular flexibility index (Phi) is 5.02. The molecule has 5 rings (SSSR count). The molecule has 29 heavy (non-hydrogen) atoms. The molecule has 0 spiro atoms. The first-order valence-electron chi connectivity index (χ1n) is 10.4. The van der Waals surface area contributed by atoms with E-state index < -0.39 is 0 Å². The van der Waals surface area contributed by atoms with E-state index in [4.69, 9.17) is 26.8 Å². The number of rotatable bonds is 4. The van der Waals surface area contributed by atoms with Gasteiger partial charge in [0.1, 0.15) is 6.61 Å². The van der Waals surface area contributed by atoms with Crippen LogP contribution in [-0.4, -0.2) is 30.9 Å². The molecule has 2 aliphatic rings. The summed E-state index contributed by atoms with van der Waals surface area (Å²) >= 11 is 6.09. The van der Waals surface area contributed by atoms with E-state index >= 15 is 0 Å². The van der Waals surface area contributed by atoms with Crippen LogP contribution in [0.2, 0.25) is 5.02 Å². The van der Waals surface area contributed by atoms with Gasteiger partial charge in [0.15, 0.2) is 17.7 Å². The molecule has 0 amide bonds. The molecule has 0 bridgehead atoms. The van der Waals surface area contributed by atoms with Gasteiger partial charge < -0.3 is 19.4 Å². The number of hydrogen-bond acceptors (Lipinski definition) is 4. The Labute approximate surface area is 175 Å². The lowest BCUT2D eigenvalue weighted by atomic mass is 9.90. The zero-order chi connectivity index (χ0) is 19.8. The molecule has 0 radical (unpaired) electrons. The predicted octanol–water partition coefficient (Wildman–Crippen LogP) is 4.73. The molecule has 2 aliphatic heterocycles. The van der Waals surface area contributed by atoms with Crippen molar-refractivity contribution in [1.29, 1.82) is 0 Å². The molecule has 0 aliphatic carbocycles. The van der Waals surface area contributed by atoms with Crippen molar-refractivity contribution >= 4 is 28.2 Å². The molecule has 2 aromatic carbocycles. The number of ether oxygens (including phenoxy) is 2. The maximum Gasteiger partial charge on any atom is 0.184 e. The van der Waals surface area contributed by atoms with Crippen LogP contribution < -0.4 is 20.1 Å². The van der Waals surface area contributed by atoms with Gasteiger partial charge in [0.05, 0.1) is 5.69 Å². The van der Waals surface area contributed by atoms with Gasteiger partial charge in [-0.2, -0.15) is 0 Å². The number of hydrogen-bond donors (Lipinski definition) is 2. The Morgan fingerprint density at radius 1 is 1.17 bits per heavy atom. The molecule has 3 heterocycles. The summed E-state index contributed by atoms with van der Waals surface area (Å²) in [6, 6.07) is 12.2. The fourth-order valence-electron chi connectivity index (χ4n) is 4.54. The number of nitrogens with two attached hydrogens (primary N) is 1.